The number of cyclic esters (lactones) is 1. The molecular formula is C24H43O6P. The zero-order chi connectivity index (χ0) is 22.4. The second-order valence-corrected chi connectivity index (χ2v) is 10.4. The Bertz CT molecular complexity index is 603. The summed E-state index contributed by atoms with van der Waals surface area (Å²) in [7, 11) is -3.67. The van der Waals surface area contributed by atoms with Crippen LogP contribution in [-0.4, -0.2) is 25.8 Å². The molecule has 2 atom stereocenters. The molecule has 2 heterocycles. The number of phosphoric ester groups is 1. The first-order chi connectivity index (χ1) is 15.1. The van der Waals surface area contributed by atoms with Gasteiger partial charge in [-0.05, 0) is 12.8 Å². The van der Waals surface area contributed by atoms with Crippen molar-refractivity contribution in [2.75, 3.05) is 19.8 Å². The molecule has 1 saturated heterocycles. The lowest BCUT2D eigenvalue weighted by atomic mass is 10.0. The summed E-state index contributed by atoms with van der Waals surface area (Å²) in [4.78, 5) is 12.0. The maximum Gasteiger partial charge on any atom is 0.529 e. The van der Waals surface area contributed by atoms with Crippen LogP contribution >= 0.6 is 7.82 Å². The number of carbonyl (C=O) groups is 1. The molecule has 0 radical (unpaired) electrons. The van der Waals surface area contributed by atoms with Crippen LogP contribution in [-0.2, 0) is 27.7 Å². The average molecular weight is 459 g/mol. The fraction of sp³-hybridized carbons (Fsp3) is 0.875. The number of unbranched alkanes of at least 4 members (excludes halogenated alkanes) is 12. The Kier molecular flexibility index (Phi) is 12.8. The van der Waals surface area contributed by atoms with Crippen LogP contribution in [0.3, 0.4) is 0 Å². The minimum Gasteiger partial charge on any atom is -0.461 e. The third-order valence-corrected chi connectivity index (χ3v) is 7.38. The molecule has 2 unspecified atom stereocenters. The SMILES string of the molecule is CCCCCCCCCCCCCCCOP1(=O)OCC2COC(=O)C2=C(CCC)O1. The molecule has 0 N–H and O–H groups in total. The van der Waals surface area contributed by atoms with Crippen molar-refractivity contribution in [2.24, 2.45) is 5.92 Å². The van der Waals surface area contributed by atoms with Gasteiger partial charge >= 0.3 is 13.8 Å². The van der Waals surface area contributed by atoms with Crippen molar-refractivity contribution in [3.8, 4) is 0 Å². The van der Waals surface area contributed by atoms with Crippen LogP contribution in [0.5, 0.6) is 0 Å². The summed E-state index contributed by atoms with van der Waals surface area (Å²) >= 11 is 0. The molecule has 0 amide bonds. The molecule has 0 bridgehead atoms. The van der Waals surface area contributed by atoms with E-state index in [0.717, 1.165) is 19.3 Å². The number of rotatable bonds is 17. The molecule has 2 aliphatic heterocycles. The van der Waals surface area contributed by atoms with E-state index in [0.29, 0.717) is 24.4 Å². The van der Waals surface area contributed by atoms with E-state index in [1.807, 2.05) is 6.92 Å². The summed E-state index contributed by atoms with van der Waals surface area (Å²) < 4.78 is 34.7. The second kappa shape index (κ2) is 15.1. The van der Waals surface area contributed by atoms with Gasteiger partial charge in [-0.1, -0.05) is 90.9 Å². The van der Waals surface area contributed by atoms with Crippen LogP contribution in [0.4, 0.5) is 0 Å². The monoisotopic (exact) mass is 458 g/mol. The highest BCUT2D eigenvalue weighted by Gasteiger charge is 2.43. The van der Waals surface area contributed by atoms with E-state index in [1.54, 1.807) is 0 Å². The highest BCUT2D eigenvalue weighted by molar-refractivity contribution is 7.48. The lowest BCUT2D eigenvalue weighted by Crippen LogP contribution is -2.10. The Morgan fingerprint density at radius 2 is 1.42 bits per heavy atom. The maximum absolute atomic E-state index is 12.9. The van der Waals surface area contributed by atoms with Gasteiger partial charge in [0.25, 0.3) is 0 Å². The number of esters is 1. The van der Waals surface area contributed by atoms with Crippen molar-refractivity contribution in [3.63, 3.8) is 0 Å². The van der Waals surface area contributed by atoms with Crippen molar-refractivity contribution in [2.45, 2.75) is 110 Å². The summed E-state index contributed by atoms with van der Waals surface area (Å²) in [6.45, 7) is 4.97. The molecule has 1 fully saturated rings. The summed E-state index contributed by atoms with van der Waals surface area (Å²) in [6.07, 6.45) is 17.8. The standard InChI is InChI=1S/C24H43O6P/c1-3-5-6-7-8-9-10-11-12-13-14-15-16-18-28-31(26)29-20-21-19-27-24(25)23(21)22(30-31)17-4-2/h21H,3-20H2,1-2H3. The highest BCUT2D eigenvalue weighted by Crippen LogP contribution is 2.55. The predicted molar refractivity (Wildman–Crippen MR) is 123 cm³/mol. The minimum atomic E-state index is -3.67. The summed E-state index contributed by atoms with van der Waals surface area (Å²) in [6, 6.07) is 0. The van der Waals surface area contributed by atoms with Crippen molar-refractivity contribution >= 4 is 13.8 Å². The van der Waals surface area contributed by atoms with Crippen LogP contribution in [0.15, 0.2) is 11.3 Å². The van der Waals surface area contributed by atoms with Crippen LogP contribution in [0, 0.1) is 5.92 Å². The molecule has 0 aromatic heterocycles. The summed E-state index contributed by atoms with van der Waals surface area (Å²) in [5.74, 6) is -0.187. The quantitative estimate of drug-likeness (QED) is 0.128. The third-order valence-electron chi connectivity index (χ3n) is 5.97. The molecule has 2 aliphatic rings. The van der Waals surface area contributed by atoms with E-state index in [-0.39, 0.29) is 25.1 Å². The molecule has 0 aromatic rings. The van der Waals surface area contributed by atoms with Crippen LogP contribution in [0.1, 0.15) is 110 Å². The van der Waals surface area contributed by atoms with Crippen LogP contribution in [0.2, 0.25) is 0 Å². The van der Waals surface area contributed by atoms with Crippen molar-refractivity contribution < 1.29 is 27.7 Å². The van der Waals surface area contributed by atoms with Gasteiger partial charge in [0.2, 0.25) is 0 Å². The Balaban J connectivity index is 1.55. The topological polar surface area (TPSA) is 71.1 Å². The number of ether oxygens (including phenoxy) is 1. The Hall–Kier alpha value is -0.840. The Morgan fingerprint density at radius 3 is 2.00 bits per heavy atom. The smallest absolute Gasteiger partial charge is 0.461 e. The molecule has 0 aromatic carbocycles. The van der Waals surface area contributed by atoms with Gasteiger partial charge in [0.1, 0.15) is 12.4 Å². The Morgan fingerprint density at radius 1 is 0.839 bits per heavy atom. The van der Waals surface area contributed by atoms with Gasteiger partial charge in [0, 0.05) is 6.42 Å². The molecule has 6 nitrogen and oxygen atoms in total. The van der Waals surface area contributed by atoms with Crippen molar-refractivity contribution in [3.05, 3.63) is 11.3 Å². The number of phosphoric acid groups is 1. The molecule has 0 aliphatic carbocycles. The van der Waals surface area contributed by atoms with E-state index in [2.05, 4.69) is 6.92 Å². The number of hydrogen-bond donors (Lipinski definition) is 0. The van der Waals surface area contributed by atoms with Gasteiger partial charge in [-0.25, -0.2) is 9.36 Å². The zero-order valence-electron chi connectivity index (χ0n) is 19.7. The van der Waals surface area contributed by atoms with E-state index in [1.165, 1.54) is 70.6 Å². The van der Waals surface area contributed by atoms with Gasteiger partial charge in [-0.15, -0.1) is 0 Å². The van der Waals surface area contributed by atoms with E-state index >= 15 is 0 Å². The van der Waals surface area contributed by atoms with Gasteiger partial charge < -0.3 is 9.26 Å². The first-order valence-corrected chi connectivity index (χ1v) is 14.0. The van der Waals surface area contributed by atoms with E-state index < -0.39 is 7.82 Å². The van der Waals surface area contributed by atoms with Crippen molar-refractivity contribution in [1.82, 2.24) is 0 Å². The largest absolute Gasteiger partial charge is 0.529 e. The molecule has 7 heteroatoms. The number of carbonyl (C=O) groups excluding carboxylic acids is 1. The molecule has 0 spiro atoms. The second-order valence-electron chi connectivity index (χ2n) is 8.79. The van der Waals surface area contributed by atoms with E-state index in [9.17, 15) is 9.36 Å². The fourth-order valence-electron chi connectivity index (χ4n) is 4.14. The van der Waals surface area contributed by atoms with Crippen LogP contribution in [0.25, 0.3) is 0 Å². The average Bonchev–Trinajstić information content (AvgIpc) is 3.06. The van der Waals surface area contributed by atoms with Gasteiger partial charge in [0.15, 0.2) is 0 Å². The molecule has 2 rings (SSSR count). The first kappa shape index (κ1) is 26.4. The number of allylic oxidation sites excluding steroid dienone is 1. The maximum atomic E-state index is 12.9. The number of fused-ring (bicyclic) bond motifs is 1. The van der Waals surface area contributed by atoms with Gasteiger partial charge in [-0.2, -0.15) is 0 Å². The van der Waals surface area contributed by atoms with Gasteiger partial charge in [0.05, 0.1) is 24.7 Å². The Labute approximate surface area is 189 Å². The predicted octanol–water partition coefficient (Wildman–Crippen LogP) is 7.48. The van der Waals surface area contributed by atoms with Gasteiger partial charge in [-0.3, -0.25) is 9.05 Å². The summed E-state index contributed by atoms with van der Waals surface area (Å²) in [5, 5.41) is 0. The molecule has 0 saturated carbocycles. The molecule has 31 heavy (non-hydrogen) atoms. The van der Waals surface area contributed by atoms with Crippen molar-refractivity contribution in [1.29, 1.82) is 0 Å². The number of hydrogen-bond acceptors (Lipinski definition) is 6. The normalized spacial score (nSPS) is 23.4. The highest BCUT2D eigenvalue weighted by atomic mass is 31.2. The van der Waals surface area contributed by atoms with Crippen LogP contribution < -0.4 is 0 Å². The molecular weight excluding hydrogens is 415 g/mol. The third kappa shape index (κ3) is 9.67. The lowest BCUT2D eigenvalue weighted by Gasteiger charge is -2.18. The minimum absolute atomic E-state index is 0.129. The summed E-state index contributed by atoms with van der Waals surface area (Å²) in [5.41, 5.74) is 0.476. The molecule has 180 valence electrons. The van der Waals surface area contributed by atoms with E-state index in [4.69, 9.17) is 18.3 Å². The zero-order valence-corrected chi connectivity index (χ0v) is 20.6. The lowest BCUT2D eigenvalue weighted by molar-refractivity contribution is -0.135. The fourth-order valence-corrected chi connectivity index (χ4v) is 5.49. The first-order valence-electron chi connectivity index (χ1n) is 12.6.